The van der Waals surface area contributed by atoms with Crippen LogP contribution in [-0.4, -0.2) is 15.1 Å². The number of nitrogens with zero attached hydrogens (tertiary/aromatic N) is 2. The zero-order valence-electron chi connectivity index (χ0n) is 17.1. The molecular formula is C25H17ClFN3O2S. The van der Waals surface area contributed by atoms with E-state index in [1.54, 1.807) is 47.7 Å². The first-order chi connectivity index (χ1) is 16.0. The van der Waals surface area contributed by atoms with Crippen LogP contribution in [0, 0.1) is 5.82 Å². The van der Waals surface area contributed by atoms with Crippen molar-refractivity contribution in [3.63, 3.8) is 0 Å². The van der Waals surface area contributed by atoms with E-state index in [1.165, 1.54) is 18.5 Å². The Balaban J connectivity index is 1.36. The second-order valence-electron chi connectivity index (χ2n) is 7.28. The molecule has 5 rings (SSSR count). The first-order valence-electron chi connectivity index (χ1n) is 10.0. The Hall–Kier alpha value is -3.68. The number of phenols is 1. The Bertz CT molecular complexity index is 1440. The smallest absolute Gasteiger partial charge is 0.151 e. The number of rotatable bonds is 6. The standard InChI is InChI=1S/C25H17ClFN3O2S/c26-20-11-18(6-9-22(20)32-13-15-2-1-3-17(27)10-15)30-25-24-21(28-14-29-25)12-23(33-24)16-4-7-19(31)8-5-16/h1-12,14,31H,13H2,(H,28,29,30). The largest absolute Gasteiger partial charge is 0.508 e. The van der Waals surface area contributed by atoms with Crippen LogP contribution in [0.1, 0.15) is 5.56 Å². The second kappa shape index (κ2) is 9.05. The summed E-state index contributed by atoms with van der Waals surface area (Å²) in [6.45, 7) is 0.214. The van der Waals surface area contributed by atoms with Crippen molar-refractivity contribution in [3.05, 3.63) is 95.5 Å². The van der Waals surface area contributed by atoms with E-state index in [0.717, 1.165) is 31.9 Å². The normalized spacial score (nSPS) is 11.0. The fourth-order valence-corrected chi connectivity index (χ4v) is 4.63. The summed E-state index contributed by atoms with van der Waals surface area (Å²) < 4.78 is 20.0. The fraction of sp³-hybridized carbons (Fsp3) is 0.0400. The van der Waals surface area contributed by atoms with Crippen LogP contribution in [0.15, 0.2) is 79.1 Å². The van der Waals surface area contributed by atoms with Gasteiger partial charge in [-0.05, 0) is 71.8 Å². The van der Waals surface area contributed by atoms with E-state index in [-0.39, 0.29) is 18.2 Å². The molecular weight excluding hydrogens is 461 g/mol. The van der Waals surface area contributed by atoms with Crippen molar-refractivity contribution in [2.75, 3.05) is 5.32 Å². The molecule has 0 saturated heterocycles. The topological polar surface area (TPSA) is 67.3 Å². The summed E-state index contributed by atoms with van der Waals surface area (Å²) in [6.07, 6.45) is 1.51. The summed E-state index contributed by atoms with van der Waals surface area (Å²) in [5, 5.41) is 13.3. The van der Waals surface area contributed by atoms with Gasteiger partial charge in [-0.25, -0.2) is 14.4 Å². The van der Waals surface area contributed by atoms with Gasteiger partial charge in [0, 0.05) is 10.6 Å². The molecule has 0 saturated carbocycles. The first kappa shape index (κ1) is 21.2. The van der Waals surface area contributed by atoms with Gasteiger partial charge in [0.2, 0.25) is 0 Å². The monoisotopic (exact) mass is 477 g/mol. The van der Waals surface area contributed by atoms with Gasteiger partial charge in [-0.15, -0.1) is 11.3 Å². The Kier molecular flexibility index (Phi) is 5.81. The van der Waals surface area contributed by atoms with Crippen LogP contribution in [0.5, 0.6) is 11.5 Å². The number of halogens is 2. The lowest BCUT2D eigenvalue weighted by Crippen LogP contribution is -1.98. The van der Waals surface area contributed by atoms with Gasteiger partial charge in [-0.3, -0.25) is 0 Å². The number of aromatic hydroxyl groups is 1. The van der Waals surface area contributed by atoms with E-state index < -0.39 is 0 Å². The van der Waals surface area contributed by atoms with Crippen molar-refractivity contribution in [2.24, 2.45) is 0 Å². The zero-order chi connectivity index (χ0) is 22.8. The number of hydrogen-bond acceptors (Lipinski definition) is 6. The lowest BCUT2D eigenvalue weighted by Gasteiger charge is -2.11. The quantitative estimate of drug-likeness (QED) is 0.271. The number of fused-ring (bicyclic) bond motifs is 1. The molecule has 0 amide bonds. The zero-order valence-corrected chi connectivity index (χ0v) is 18.7. The van der Waals surface area contributed by atoms with Crippen LogP contribution in [0.25, 0.3) is 20.7 Å². The Morgan fingerprint density at radius 3 is 2.64 bits per heavy atom. The van der Waals surface area contributed by atoms with E-state index in [1.807, 2.05) is 24.3 Å². The SMILES string of the molecule is Oc1ccc(-c2cc3ncnc(Nc4ccc(OCc5cccc(F)c5)c(Cl)c4)c3s2)cc1. The molecule has 2 aromatic heterocycles. The van der Waals surface area contributed by atoms with Crippen molar-refractivity contribution >= 4 is 44.7 Å². The van der Waals surface area contributed by atoms with E-state index in [4.69, 9.17) is 16.3 Å². The minimum atomic E-state index is -0.306. The predicted molar refractivity (Wildman–Crippen MR) is 130 cm³/mol. The Labute approximate surface area is 198 Å². The molecule has 5 nitrogen and oxygen atoms in total. The molecule has 164 valence electrons. The van der Waals surface area contributed by atoms with Gasteiger partial charge < -0.3 is 15.2 Å². The lowest BCUT2D eigenvalue weighted by atomic mass is 10.2. The highest BCUT2D eigenvalue weighted by atomic mass is 35.5. The summed E-state index contributed by atoms with van der Waals surface area (Å²) in [5.41, 5.74) is 3.28. The van der Waals surface area contributed by atoms with Crippen LogP contribution in [0.3, 0.4) is 0 Å². The molecule has 2 N–H and O–H groups in total. The number of benzene rings is 3. The molecule has 0 spiro atoms. The molecule has 0 bridgehead atoms. The molecule has 5 aromatic rings. The highest BCUT2D eigenvalue weighted by Gasteiger charge is 2.12. The Morgan fingerprint density at radius 2 is 1.85 bits per heavy atom. The predicted octanol–water partition coefficient (Wildman–Crippen LogP) is 7.18. The van der Waals surface area contributed by atoms with Gasteiger partial charge in [0.25, 0.3) is 0 Å². The number of nitrogens with one attached hydrogen (secondary N) is 1. The molecule has 33 heavy (non-hydrogen) atoms. The lowest BCUT2D eigenvalue weighted by molar-refractivity contribution is 0.306. The molecule has 0 aliphatic heterocycles. The first-order valence-corrected chi connectivity index (χ1v) is 11.2. The van der Waals surface area contributed by atoms with E-state index >= 15 is 0 Å². The summed E-state index contributed by atoms with van der Waals surface area (Å²) in [4.78, 5) is 9.79. The molecule has 0 unspecified atom stereocenters. The van der Waals surface area contributed by atoms with Crippen LogP contribution >= 0.6 is 22.9 Å². The maximum atomic E-state index is 13.3. The van der Waals surface area contributed by atoms with Crippen molar-refractivity contribution in [1.82, 2.24) is 9.97 Å². The Morgan fingerprint density at radius 1 is 1.00 bits per heavy atom. The maximum absolute atomic E-state index is 13.3. The molecule has 0 fully saturated rings. The third-order valence-electron chi connectivity index (χ3n) is 4.94. The summed E-state index contributed by atoms with van der Waals surface area (Å²) >= 11 is 7.98. The molecule has 8 heteroatoms. The number of aromatic nitrogens is 2. The number of phenolic OH excluding ortho intramolecular Hbond substituents is 1. The second-order valence-corrected chi connectivity index (χ2v) is 8.74. The highest BCUT2D eigenvalue weighted by Crippen LogP contribution is 2.37. The molecule has 0 aliphatic rings. The summed E-state index contributed by atoms with van der Waals surface area (Å²) in [5.74, 6) is 1.09. The molecule has 0 radical (unpaired) electrons. The van der Waals surface area contributed by atoms with Crippen LogP contribution < -0.4 is 10.1 Å². The van der Waals surface area contributed by atoms with Crippen LogP contribution in [0.4, 0.5) is 15.9 Å². The fourth-order valence-electron chi connectivity index (χ4n) is 3.33. The van der Waals surface area contributed by atoms with Gasteiger partial charge in [-0.1, -0.05) is 23.7 Å². The van der Waals surface area contributed by atoms with E-state index in [0.29, 0.717) is 16.6 Å². The number of thiophene rings is 1. The summed E-state index contributed by atoms with van der Waals surface area (Å²) in [7, 11) is 0. The van der Waals surface area contributed by atoms with E-state index in [2.05, 4.69) is 15.3 Å². The van der Waals surface area contributed by atoms with Crippen LogP contribution in [-0.2, 0) is 6.61 Å². The number of ether oxygens (including phenoxy) is 1. The highest BCUT2D eigenvalue weighted by molar-refractivity contribution is 7.22. The minimum Gasteiger partial charge on any atom is -0.508 e. The van der Waals surface area contributed by atoms with Gasteiger partial charge in [-0.2, -0.15) is 0 Å². The van der Waals surface area contributed by atoms with E-state index in [9.17, 15) is 9.50 Å². The molecule has 3 aromatic carbocycles. The number of hydrogen-bond donors (Lipinski definition) is 2. The van der Waals surface area contributed by atoms with Crippen molar-refractivity contribution in [3.8, 4) is 21.9 Å². The van der Waals surface area contributed by atoms with Gasteiger partial charge >= 0.3 is 0 Å². The van der Waals surface area contributed by atoms with Crippen LogP contribution in [0.2, 0.25) is 5.02 Å². The molecule has 2 heterocycles. The molecule has 0 atom stereocenters. The average Bonchev–Trinajstić information content (AvgIpc) is 3.24. The van der Waals surface area contributed by atoms with Gasteiger partial charge in [0.1, 0.15) is 30.3 Å². The molecule has 0 aliphatic carbocycles. The number of anilines is 2. The van der Waals surface area contributed by atoms with Gasteiger partial charge in [0.05, 0.1) is 15.2 Å². The van der Waals surface area contributed by atoms with Gasteiger partial charge in [0.15, 0.2) is 5.82 Å². The third kappa shape index (κ3) is 4.74. The van der Waals surface area contributed by atoms with Crippen molar-refractivity contribution < 1.29 is 14.2 Å². The van der Waals surface area contributed by atoms with Crippen molar-refractivity contribution in [2.45, 2.75) is 6.61 Å². The summed E-state index contributed by atoms with van der Waals surface area (Å²) in [6, 6.07) is 20.7. The maximum Gasteiger partial charge on any atom is 0.151 e. The minimum absolute atomic E-state index is 0.214. The average molecular weight is 478 g/mol. The van der Waals surface area contributed by atoms with Crippen molar-refractivity contribution in [1.29, 1.82) is 0 Å². The third-order valence-corrected chi connectivity index (χ3v) is 6.42.